The molecule has 20 heavy (non-hydrogen) atoms. The highest BCUT2D eigenvalue weighted by molar-refractivity contribution is 5.67. The minimum Gasteiger partial charge on any atom is -0.444 e. The van der Waals surface area contributed by atoms with Gasteiger partial charge in [-0.05, 0) is 45.2 Å². The maximum absolute atomic E-state index is 13.0. The van der Waals surface area contributed by atoms with Gasteiger partial charge in [-0.3, -0.25) is 4.98 Å². The predicted octanol–water partition coefficient (Wildman–Crippen LogP) is 2.14. The summed E-state index contributed by atoms with van der Waals surface area (Å²) in [5.41, 5.74) is 6.50. The van der Waals surface area contributed by atoms with E-state index < -0.39 is 11.7 Å². The van der Waals surface area contributed by atoms with Crippen molar-refractivity contribution in [3.8, 4) is 0 Å². The van der Waals surface area contributed by atoms with Crippen molar-refractivity contribution in [2.75, 3.05) is 6.54 Å². The molecule has 0 unspecified atom stereocenters. The maximum Gasteiger partial charge on any atom is 0.407 e. The van der Waals surface area contributed by atoms with Crippen LogP contribution in [0.4, 0.5) is 9.18 Å². The van der Waals surface area contributed by atoms with E-state index in [2.05, 4.69) is 10.3 Å². The zero-order chi connectivity index (χ0) is 15.2. The summed E-state index contributed by atoms with van der Waals surface area (Å²) >= 11 is 0. The average molecular weight is 283 g/mol. The Kier molecular flexibility index (Phi) is 5.88. The van der Waals surface area contributed by atoms with Crippen LogP contribution >= 0.6 is 0 Å². The van der Waals surface area contributed by atoms with Crippen molar-refractivity contribution >= 4 is 6.09 Å². The van der Waals surface area contributed by atoms with Crippen molar-refractivity contribution in [2.24, 2.45) is 5.73 Å². The molecule has 0 fully saturated rings. The van der Waals surface area contributed by atoms with Gasteiger partial charge in [0.2, 0.25) is 0 Å². The number of aromatic nitrogens is 1. The molecule has 1 aromatic heterocycles. The van der Waals surface area contributed by atoms with Gasteiger partial charge in [0.1, 0.15) is 11.4 Å². The van der Waals surface area contributed by atoms with Crippen LogP contribution in [-0.2, 0) is 17.7 Å². The van der Waals surface area contributed by atoms with E-state index in [4.69, 9.17) is 10.5 Å². The SMILES string of the molecule is CC(C)(C)OC(=O)NCCCc1ncc(F)cc1CN. The van der Waals surface area contributed by atoms with Crippen molar-refractivity contribution in [1.29, 1.82) is 0 Å². The maximum atomic E-state index is 13.0. The number of pyridine rings is 1. The summed E-state index contributed by atoms with van der Waals surface area (Å²) in [6, 6.07) is 1.39. The molecule has 5 nitrogen and oxygen atoms in total. The minimum atomic E-state index is -0.505. The molecule has 0 spiro atoms. The Morgan fingerprint density at radius 2 is 2.20 bits per heavy atom. The highest BCUT2D eigenvalue weighted by Gasteiger charge is 2.15. The van der Waals surface area contributed by atoms with Crippen molar-refractivity contribution in [2.45, 2.75) is 45.8 Å². The van der Waals surface area contributed by atoms with Crippen molar-refractivity contribution in [3.05, 3.63) is 29.3 Å². The summed E-state index contributed by atoms with van der Waals surface area (Å²) in [6.45, 7) is 6.14. The highest BCUT2D eigenvalue weighted by Crippen LogP contribution is 2.10. The molecule has 0 atom stereocenters. The normalized spacial score (nSPS) is 11.2. The van der Waals surface area contributed by atoms with E-state index >= 15 is 0 Å². The summed E-state index contributed by atoms with van der Waals surface area (Å²) < 4.78 is 18.1. The number of alkyl carbamates (subject to hydrolysis) is 1. The Hall–Kier alpha value is -1.69. The van der Waals surface area contributed by atoms with Crippen LogP contribution < -0.4 is 11.1 Å². The minimum absolute atomic E-state index is 0.250. The van der Waals surface area contributed by atoms with Gasteiger partial charge in [0.25, 0.3) is 0 Å². The van der Waals surface area contributed by atoms with E-state index in [1.54, 1.807) is 0 Å². The largest absolute Gasteiger partial charge is 0.444 e. The summed E-state index contributed by atoms with van der Waals surface area (Å²) in [7, 11) is 0. The first-order valence-corrected chi connectivity index (χ1v) is 6.62. The Labute approximate surface area is 118 Å². The van der Waals surface area contributed by atoms with Crippen LogP contribution in [0.15, 0.2) is 12.3 Å². The van der Waals surface area contributed by atoms with Gasteiger partial charge in [0, 0.05) is 18.8 Å². The number of aryl methyl sites for hydroxylation is 1. The molecular formula is C14H22FN3O2. The molecule has 1 heterocycles. The third-order valence-electron chi connectivity index (χ3n) is 2.50. The van der Waals surface area contributed by atoms with Gasteiger partial charge in [-0.1, -0.05) is 0 Å². The van der Waals surface area contributed by atoms with E-state index in [0.717, 1.165) is 5.69 Å². The van der Waals surface area contributed by atoms with E-state index in [9.17, 15) is 9.18 Å². The molecule has 0 bridgehead atoms. The first-order chi connectivity index (χ1) is 9.31. The molecule has 0 saturated heterocycles. The summed E-state index contributed by atoms with van der Waals surface area (Å²) in [5.74, 6) is -0.388. The molecule has 6 heteroatoms. The van der Waals surface area contributed by atoms with E-state index in [0.29, 0.717) is 24.9 Å². The third kappa shape index (κ3) is 5.97. The van der Waals surface area contributed by atoms with Gasteiger partial charge < -0.3 is 15.8 Å². The number of nitrogens with two attached hydrogens (primary N) is 1. The van der Waals surface area contributed by atoms with Gasteiger partial charge in [-0.15, -0.1) is 0 Å². The van der Waals surface area contributed by atoms with Crippen LogP contribution in [0.3, 0.4) is 0 Å². The summed E-state index contributed by atoms with van der Waals surface area (Å²) in [4.78, 5) is 15.4. The van der Waals surface area contributed by atoms with E-state index in [1.165, 1.54) is 12.3 Å². The molecule has 1 rings (SSSR count). The molecule has 0 aliphatic rings. The van der Waals surface area contributed by atoms with Crippen LogP contribution in [0.5, 0.6) is 0 Å². The standard InChI is InChI=1S/C14H22FN3O2/c1-14(2,3)20-13(19)17-6-4-5-12-10(8-16)7-11(15)9-18-12/h7,9H,4-6,8,16H2,1-3H3,(H,17,19). The second-order valence-electron chi connectivity index (χ2n) is 5.50. The van der Waals surface area contributed by atoms with E-state index in [1.807, 2.05) is 20.8 Å². The molecule has 0 radical (unpaired) electrons. The topological polar surface area (TPSA) is 77.2 Å². The van der Waals surface area contributed by atoms with Crippen LogP contribution in [0, 0.1) is 5.82 Å². The number of hydrogen-bond donors (Lipinski definition) is 2. The number of ether oxygens (including phenoxy) is 1. The van der Waals surface area contributed by atoms with Gasteiger partial charge in [-0.25, -0.2) is 9.18 Å². The fourth-order valence-electron chi connectivity index (χ4n) is 1.67. The fourth-order valence-corrected chi connectivity index (χ4v) is 1.67. The number of halogens is 1. The molecule has 0 aliphatic carbocycles. The van der Waals surface area contributed by atoms with Gasteiger partial charge in [0.15, 0.2) is 0 Å². The first kappa shape index (κ1) is 16.4. The lowest BCUT2D eigenvalue weighted by Crippen LogP contribution is -2.33. The van der Waals surface area contributed by atoms with Crippen molar-refractivity contribution in [3.63, 3.8) is 0 Å². The number of hydrogen-bond acceptors (Lipinski definition) is 4. The highest BCUT2D eigenvalue weighted by atomic mass is 19.1. The molecule has 1 amide bonds. The quantitative estimate of drug-likeness (QED) is 0.812. The summed E-state index contributed by atoms with van der Waals surface area (Å²) in [5, 5.41) is 2.66. The van der Waals surface area contributed by atoms with Crippen LogP contribution in [0.1, 0.15) is 38.4 Å². The number of rotatable bonds is 5. The lowest BCUT2D eigenvalue weighted by molar-refractivity contribution is 0.0527. The number of nitrogens with one attached hydrogen (secondary N) is 1. The van der Waals surface area contributed by atoms with E-state index in [-0.39, 0.29) is 12.4 Å². The van der Waals surface area contributed by atoms with Crippen LogP contribution in [-0.4, -0.2) is 23.2 Å². The Bertz CT molecular complexity index is 458. The Balaban J connectivity index is 2.36. The van der Waals surface area contributed by atoms with Crippen LogP contribution in [0.2, 0.25) is 0 Å². The molecule has 112 valence electrons. The van der Waals surface area contributed by atoms with Crippen molar-refractivity contribution in [1.82, 2.24) is 10.3 Å². The molecule has 3 N–H and O–H groups in total. The third-order valence-corrected chi connectivity index (χ3v) is 2.50. The zero-order valence-electron chi connectivity index (χ0n) is 12.2. The second kappa shape index (κ2) is 7.19. The molecule has 0 aliphatic heterocycles. The number of carbonyl (C=O) groups excluding carboxylic acids is 1. The first-order valence-electron chi connectivity index (χ1n) is 6.62. The zero-order valence-corrected chi connectivity index (χ0v) is 12.2. The average Bonchev–Trinajstić information content (AvgIpc) is 2.33. The van der Waals surface area contributed by atoms with Crippen LogP contribution in [0.25, 0.3) is 0 Å². The lowest BCUT2D eigenvalue weighted by atomic mass is 10.1. The number of amides is 1. The summed E-state index contributed by atoms with van der Waals surface area (Å²) in [6.07, 6.45) is 2.05. The fraction of sp³-hybridized carbons (Fsp3) is 0.571. The van der Waals surface area contributed by atoms with Gasteiger partial charge >= 0.3 is 6.09 Å². The molecule has 0 saturated carbocycles. The smallest absolute Gasteiger partial charge is 0.407 e. The van der Waals surface area contributed by atoms with Gasteiger partial charge in [-0.2, -0.15) is 0 Å². The second-order valence-corrected chi connectivity index (χ2v) is 5.50. The number of carbonyl (C=O) groups is 1. The molecular weight excluding hydrogens is 261 g/mol. The Morgan fingerprint density at radius 1 is 1.50 bits per heavy atom. The predicted molar refractivity (Wildman–Crippen MR) is 74.6 cm³/mol. The number of nitrogens with zero attached hydrogens (tertiary/aromatic N) is 1. The lowest BCUT2D eigenvalue weighted by Gasteiger charge is -2.19. The Morgan fingerprint density at radius 3 is 2.80 bits per heavy atom. The molecule has 1 aromatic rings. The molecule has 0 aromatic carbocycles. The van der Waals surface area contributed by atoms with Crippen molar-refractivity contribution < 1.29 is 13.9 Å². The van der Waals surface area contributed by atoms with Gasteiger partial charge in [0.05, 0.1) is 6.20 Å². The monoisotopic (exact) mass is 283 g/mol.